The number of ether oxygens (including phenoxy) is 1. The molecule has 0 aromatic heterocycles. The van der Waals surface area contributed by atoms with Gasteiger partial charge in [0, 0.05) is 25.6 Å². The molecule has 0 aliphatic carbocycles. The van der Waals surface area contributed by atoms with E-state index >= 15 is 0 Å². The minimum atomic E-state index is -0.997. The van der Waals surface area contributed by atoms with Crippen LogP contribution in [0.25, 0.3) is 0 Å². The van der Waals surface area contributed by atoms with E-state index in [9.17, 15) is 24.0 Å². The standard InChI is InChI=1S/C22H21N3O6/c1-13(25-21(29)17-8-3-4-9-18(17)22(25)30)19(27)23-10-11-24-20(28)15-6-5-7-16(12-15)31-14(2)26/h3-9,12-13H,10-11H2,1-2H3,(H,23,27)(H,24,28). The van der Waals surface area contributed by atoms with Gasteiger partial charge in [0.1, 0.15) is 11.8 Å². The van der Waals surface area contributed by atoms with Gasteiger partial charge in [-0.3, -0.25) is 28.9 Å². The minimum absolute atomic E-state index is 0.0989. The molecule has 1 heterocycles. The van der Waals surface area contributed by atoms with Crippen molar-refractivity contribution in [3.05, 3.63) is 65.2 Å². The minimum Gasteiger partial charge on any atom is -0.427 e. The fraction of sp³-hybridized carbons (Fsp3) is 0.227. The van der Waals surface area contributed by atoms with E-state index in [1.807, 2.05) is 0 Å². The first-order valence-electron chi connectivity index (χ1n) is 9.61. The zero-order chi connectivity index (χ0) is 22.5. The molecular weight excluding hydrogens is 402 g/mol. The van der Waals surface area contributed by atoms with Crippen molar-refractivity contribution in [3.8, 4) is 5.75 Å². The van der Waals surface area contributed by atoms with Crippen molar-refractivity contribution < 1.29 is 28.7 Å². The molecule has 3 rings (SSSR count). The molecule has 160 valence electrons. The molecule has 2 aromatic rings. The molecule has 1 atom stereocenters. The van der Waals surface area contributed by atoms with E-state index in [0.29, 0.717) is 5.56 Å². The average Bonchev–Trinajstić information content (AvgIpc) is 3.00. The Morgan fingerprint density at radius 2 is 1.55 bits per heavy atom. The second-order valence-electron chi connectivity index (χ2n) is 6.87. The van der Waals surface area contributed by atoms with Crippen molar-refractivity contribution in [2.75, 3.05) is 13.1 Å². The largest absolute Gasteiger partial charge is 0.427 e. The molecule has 2 aromatic carbocycles. The van der Waals surface area contributed by atoms with Gasteiger partial charge in [-0.05, 0) is 37.3 Å². The fourth-order valence-electron chi connectivity index (χ4n) is 3.16. The first kappa shape index (κ1) is 21.7. The lowest BCUT2D eigenvalue weighted by Gasteiger charge is -2.21. The van der Waals surface area contributed by atoms with Gasteiger partial charge in [0.25, 0.3) is 17.7 Å². The average molecular weight is 423 g/mol. The highest BCUT2D eigenvalue weighted by Gasteiger charge is 2.40. The molecule has 2 N–H and O–H groups in total. The summed E-state index contributed by atoms with van der Waals surface area (Å²) in [6.45, 7) is 2.95. The van der Waals surface area contributed by atoms with Gasteiger partial charge >= 0.3 is 5.97 Å². The number of imide groups is 1. The monoisotopic (exact) mass is 423 g/mol. The number of nitrogens with zero attached hydrogens (tertiary/aromatic N) is 1. The van der Waals surface area contributed by atoms with Gasteiger partial charge in [-0.1, -0.05) is 18.2 Å². The predicted octanol–water partition coefficient (Wildman–Crippen LogP) is 1.14. The topological polar surface area (TPSA) is 122 Å². The number of esters is 1. The van der Waals surface area contributed by atoms with Gasteiger partial charge in [-0.15, -0.1) is 0 Å². The molecule has 0 saturated heterocycles. The number of fused-ring (bicyclic) bond motifs is 1. The van der Waals surface area contributed by atoms with Gasteiger partial charge in [0.15, 0.2) is 0 Å². The highest BCUT2D eigenvalue weighted by molar-refractivity contribution is 6.22. The molecule has 0 fully saturated rings. The molecule has 0 radical (unpaired) electrons. The molecule has 0 saturated carbocycles. The van der Waals surface area contributed by atoms with Gasteiger partial charge in [0.2, 0.25) is 5.91 Å². The third-order valence-electron chi connectivity index (χ3n) is 4.66. The molecular formula is C22H21N3O6. The van der Waals surface area contributed by atoms with E-state index in [1.54, 1.807) is 42.5 Å². The SMILES string of the molecule is CC(=O)Oc1cccc(C(=O)NCCNC(=O)C(C)N2C(=O)c3ccccc3C2=O)c1. The van der Waals surface area contributed by atoms with Crippen LogP contribution in [-0.2, 0) is 9.59 Å². The van der Waals surface area contributed by atoms with Crippen LogP contribution in [0, 0.1) is 0 Å². The van der Waals surface area contributed by atoms with Crippen LogP contribution in [0.4, 0.5) is 0 Å². The summed E-state index contributed by atoms with van der Waals surface area (Å²) in [5.41, 5.74) is 0.843. The van der Waals surface area contributed by atoms with Crippen LogP contribution in [0.2, 0.25) is 0 Å². The molecule has 9 nitrogen and oxygen atoms in total. The normalized spacial score (nSPS) is 13.4. The maximum atomic E-state index is 12.5. The molecule has 1 aliphatic heterocycles. The van der Waals surface area contributed by atoms with E-state index < -0.39 is 35.6 Å². The second-order valence-corrected chi connectivity index (χ2v) is 6.87. The zero-order valence-corrected chi connectivity index (χ0v) is 17.0. The predicted molar refractivity (Wildman–Crippen MR) is 109 cm³/mol. The number of carbonyl (C=O) groups is 5. The summed E-state index contributed by atoms with van der Waals surface area (Å²) in [4.78, 5) is 61.5. The van der Waals surface area contributed by atoms with Crippen LogP contribution in [0.3, 0.4) is 0 Å². The lowest BCUT2D eigenvalue weighted by Crippen LogP contribution is -2.49. The molecule has 4 amide bonds. The van der Waals surface area contributed by atoms with Gasteiger partial charge in [-0.2, -0.15) is 0 Å². The van der Waals surface area contributed by atoms with E-state index in [4.69, 9.17) is 4.74 Å². The van der Waals surface area contributed by atoms with Crippen LogP contribution in [0.5, 0.6) is 5.75 Å². The summed E-state index contributed by atoms with van der Waals surface area (Å²) >= 11 is 0. The molecule has 1 aliphatic rings. The first-order valence-corrected chi connectivity index (χ1v) is 9.61. The van der Waals surface area contributed by atoms with Crippen molar-refractivity contribution in [3.63, 3.8) is 0 Å². The van der Waals surface area contributed by atoms with Crippen LogP contribution in [0.15, 0.2) is 48.5 Å². The van der Waals surface area contributed by atoms with E-state index in [-0.39, 0.29) is 30.0 Å². The van der Waals surface area contributed by atoms with Crippen LogP contribution in [0.1, 0.15) is 44.9 Å². The quantitative estimate of drug-likeness (QED) is 0.298. The smallest absolute Gasteiger partial charge is 0.308 e. The van der Waals surface area contributed by atoms with Crippen LogP contribution < -0.4 is 15.4 Å². The number of carbonyl (C=O) groups excluding carboxylic acids is 5. The summed E-state index contributed by atoms with van der Waals surface area (Å²) in [5.74, 6) is -2.18. The van der Waals surface area contributed by atoms with Crippen LogP contribution in [-0.4, -0.2) is 53.6 Å². The molecule has 1 unspecified atom stereocenters. The number of hydrogen-bond acceptors (Lipinski definition) is 6. The summed E-state index contributed by atoms with van der Waals surface area (Å²) in [5, 5.41) is 5.24. The van der Waals surface area contributed by atoms with Crippen molar-refractivity contribution in [2.24, 2.45) is 0 Å². The first-order chi connectivity index (χ1) is 14.8. The van der Waals surface area contributed by atoms with Crippen molar-refractivity contribution in [1.82, 2.24) is 15.5 Å². The Bertz CT molecular complexity index is 1030. The summed E-state index contributed by atoms with van der Waals surface area (Å²) in [6, 6.07) is 11.5. The Balaban J connectivity index is 1.49. The van der Waals surface area contributed by atoms with E-state index in [2.05, 4.69) is 10.6 Å². The molecule has 31 heavy (non-hydrogen) atoms. The lowest BCUT2D eigenvalue weighted by atomic mass is 10.1. The van der Waals surface area contributed by atoms with E-state index in [0.717, 1.165) is 4.90 Å². The Morgan fingerprint density at radius 3 is 2.16 bits per heavy atom. The summed E-state index contributed by atoms with van der Waals surface area (Å²) < 4.78 is 4.94. The Kier molecular flexibility index (Phi) is 6.44. The number of nitrogens with one attached hydrogen (secondary N) is 2. The molecule has 0 spiro atoms. The van der Waals surface area contributed by atoms with Gasteiger partial charge in [0.05, 0.1) is 11.1 Å². The number of hydrogen-bond donors (Lipinski definition) is 2. The fourth-order valence-corrected chi connectivity index (χ4v) is 3.16. The zero-order valence-electron chi connectivity index (χ0n) is 17.0. The van der Waals surface area contributed by atoms with Crippen LogP contribution >= 0.6 is 0 Å². The third kappa shape index (κ3) is 4.77. The maximum absolute atomic E-state index is 12.5. The van der Waals surface area contributed by atoms with Gasteiger partial charge in [-0.25, -0.2) is 0 Å². The third-order valence-corrected chi connectivity index (χ3v) is 4.66. The maximum Gasteiger partial charge on any atom is 0.308 e. The highest BCUT2D eigenvalue weighted by Crippen LogP contribution is 2.24. The summed E-state index contributed by atoms with van der Waals surface area (Å²) in [7, 11) is 0. The lowest BCUT2D eigenvalue weighted by molar-refractivity contribution is -0.131. The van der Waals surface area contributed by atoms with Crippen molar-refractivity contribution >= 4 is 29.6 Å². The highest BCUT2D eigenvalue weighted by atomic mass is 16.5. The number of benzene rings is 2. The van der Waals surface area contributed by atoms with Crippen molar-refractivity contribution in [1.29, 1.82) is 0 Å². The van der Waals surface area contributed by atoms with E-state index in [1.165, 1.54) is 19.9 Å². The molecule has 0 bridgehead atoms. The Morgan fingerprint density at radius 1 is 0.935 bits per heavy atom. The second kappa shape index (κ2) is 9.21. The Hall–Kier alpha value is -4.01. The van der Waals surface area contributed by atoms with Crippen molar-refractivity contribution in [2.45, 2.75) is 19.9 Å². The number of rotatable bonds is 7. The molecule has 9 heteroatoms. The Labute approximate surface area is 178 Å². The van der Waals surface area contributed by atoms with Gasteiger partial charge < -0.3 is 15.4 Å². The summed E-state index contributed by atoms with van der Waals surface area (Å²) in [6.07, 6.45) is 0. The number of amides is 4.